The van der Waals surface area contributed by atoms with E-state index in [2.05, 4.69) is 15.8 Å². The highest BCUT2D eigenvalue weighted by atomic mass is 35.5. The third-order valence-electron chi connectivity index (χ3n) is 2.61. The average molecular weight is 268 g/mol. The van der Waals surface area contributed by atoms with E-state index in [0.29, 0.717) is 35.1 Å². The zero-order chi connectivity index (χ0) is 13.0. The predicted molar refractivity (Wildman–Crippen MR) is 71.3 cm³/mol. The van der Waals surface area contributed by atoms with Crippen LogP contribution in [-0.2, 0) is 4.79 Å². The lowest BCUT2D eigenvalue weighted by molar-refractivity contribution is -0.115. The van der Waals surface area contributed by atoms with E-state index < -0.39 is 0 Å². The molecule has 0 bridgehead atoms. The molecule has 96 valence electrons. The first-order chi connectivity index (χ1) is 8.70. The molecule has 1 saturated heterocycles. The largest absolute Gasteiger partial charge is 0.495 e. The van der Waals surface area contributed by atoms with Crippen LogP contribution in [0.5, 0.6) is 5.75 Å². The van der Waals surface area contributed by atoms with Crippen LogP contribution >= 0.6 is 11.6 Å². The van der Waals surface area contributed by atoms with E-state index in [4.69, 9.17) is 16.3 Å². The summed E-state index contributed by atoms with van der Waals surface area (Å²) in [5.41, 5.74) is 4.05. The van der Waals surface area contributed by atoms with Crippen LogP contribution in [0.2, 0.25) is 5.02 Å². The lowest BCUT2D eigenvalue weighted by atomic mass is 10.1. The summed E-state index contributed by atoms with van der Waals surface area (Å²) in [6.45, 7) is 0.715. The quantitative estimate of drug-likeness (QED) is 0.824. The van der Waals surface area contributed by atoms with Gasteiger partial charge in [0.2, 0.25) is 0 Å². The maximum Gasteiger partial charge on any atom is 0.267 e. The zero-order valence-corrected chi connectivity index (χ0v) is 10.8. The van der Waals surface area contributed by atoms with E-state index in [1.807, 2.05) is 0 Å². The van der Waals surface area contributed by atoms with E-state index in [9.17, 15) is 4.79 Å². The molecule has 0 aliphatic carbocycles. The fraction of sp³-hybridized carbons (Fsp3) is 0.333. The Labute approximate surface area is 110 Å². The number of piperidine rings is 1. The van der Waals surface area contributed by atoms with Crippen molar-refractivity contribution in [3.63, 3.8) is 0 Å². The van der Waals surface area contributed by atoms with Crippen molar-refractivity contribution in [1.82, 2.24) is 5.32 Å². The second-order valence-electron chi connectivity index (χ2n) is 3.88. The molecule has 1 amide bonds. The van der Waals surface area contributed by atoms with Gasteiger partial charge in [-0.1, -0.05) is 11.6 Å². The molecule has 2 rings (SSSR count). The number of rotatable bonds is 3. The number of halogens is 1. The Kier molecular flexibility index (Phi) is 4.04. The minimum Gasteiger partial charge on any atom is -0.495 e. The first-order valence-corrected chi connectivity index (χ1v) is 6.03. The summed E-state index contributed by atoms with van der Waals surface area (Å²) in [7, 11) is 1.56. The SMILES string of the molecule is COc1ccc(N/N=C2/CCCNC2=O)cc1Cl. The Morgan fingerprint density at radius 1 is 1.50 bits per heavy atom. The average Bonchev–Trinajstić information content (AvgIpc) is 2.38. The van der Waals surface area contributed by atoms with E-state index in [0.717, 1.165) is 6.42 Å². The van der Waals surface area contributed by atoms with Crippen molar-refractivity contribution in [3.8, 4) is 5.75 Å². The van der Waals surface area contributed by atoms with Gasteiger partial charge in [0.25, 0.3) is 5.91 Å². The first-order valence-electron chi connectivity index (χ1n) is 5.65. The van der Waals surface area contributed by atoms with Crippen molar-refractivity contribution in [2.75, 3.05) is 19.1 Å². The number of benzene rings is 1. The molecule has 1 aliphatic rings. The highest BCUT2D eigenvalue weighted by Gasteiger charge is 2.15. The van der Waals surface area contributed by atoms with Gasteiger partial charge in [-0.05, 0) is 31.0 Å². The van der Waals surface area contributed by atoms with Crippen molar-refractivity contribution in [2.24, 2.45) is 5.10 Å². The molecule has 1 aromatic carbocycles. The maximum atomic E-state index is 11.5. The number of amides is 1. The molecule has 0 saturated carbocycles. The van der Waals surface area contributed by atoms with Crippen molar-refractivity contribution in [2.45, 2.75) is 12.8 Å². The molecule has 1 fully saturated rings. The van der Waals surface area contributed by atoms with E-state index >= 15 is 0 Å². The van der Waals surface area contributed by atoms with Gasteiger partial charge < -0.3 is 10.1 Å². The summed E-state index contributed by atoms with van der Waals surface area (Å²) >= 11 is 5.99. The molecule has 0 radical (unpaired) electrons. The molecule has 1 aromatic rings. The Hall–Kier alpha value is -1.75. The number of nitrogens with one attached hydrogen (secondary N) is 2. The topological polar surface area (TPSA) is 62.7 Å². The van der Waals surface area contributed by atoms with Gasteiger partial charge in [0.15, 0.2) is 0 Å². The monoisotopic (exact) mass is 267 g/mol. The van der Waals surface area contributed by atoms with Crippen molar-refractivity contribution in [1.29, 1.82) is 0 Å². The molecule has 6 heteroatoms. The zero-order valence-electron chi connectivity index (χ0n) is 10.00. The summed E-state index contributed by atoms with van der Waals surface area (Å²) in [6.07, 6.45) is 1.60. The second kappa shape index (κ2) is 5.73. The smallest absolute Gasteiger partial charge is 0.267 e. The minimum absolute atomic E-state index is 0.117. The Balaban J connectivity index is 2.07. The van der Waals surface area contributed by atoms with Crippen LogP contribution in [0.15, 0.2) is 23.3 Å². The van der Waals surface area contributed by atoms with Gasteiger partial charge >= 0.3 is 0 Å². The van der Waals surface area contributed by atoms with Crippen molar-refractivity contribution < 1.29 is 9.53 Å². The van der Waals surface area contributed by atoms with Gasteiger partial charge in [0.1, 0.15) is 11.5 Å². The van der Waals surface area contributed by atoms with E-state index in [1.54, 1.807) is 25.3 Å². The van der Waals surface area contributed by atoms with Gasteiger partial charge in [0, 0.05) is 6.54 Å². The van der Waals surface area contributed by atoms with E-state index in [-0.39, 0.29) is 5.91 Å². The number of carbonyl (C=O) groups is 1. The minimum atomic E-state index is -0.117. The maximum absolute atomic E-state index is 11.5. The molecule has 0 unspecified atom stereocenters. The van der Waals surface area contributed by atoms with Crippen molar-refractivity contribution in [3.05, 3.63) is 23.2 Å². The van der Waals surface area contributed by atoms with Crippen LogP contribution in [0.3, 0.4) is 0 Å². The molecular formula is C12H14ClN3O2. The van der Waals surface area contributed by atoms with Gasteiger partial charge in [-0.25, -0.2) is 0 Å². The predicted octanol–water partition coefficient (Wildman–Crippen LogP) is 2.03. The molecular weight excluding hydrogens is 254 g/mol. The first kappa shape index (κ1) is 12.7. The Bertz CT molecular complexity index is 488. The fourth-order valence-electron chi connectivity index (χ4n) is 1.65. The third kappa shape index (κ3) is 2.92. The number of ether oxygens (including phenoxy) is 1. The normalized spacial score (nSPS) is 17.4. The lowest BCUT2D eigenvalue weighted by Crippen LogP contribution is -2.37. The number of hydrogen-bond donors (Lipinski definition) is 2. The van der Waals surface area contributed by atoms with Crippen LogP contribution in [0.4, 0.5) is 5.69 Å². The molecule has 5 nitrogen and oxygen atoms in total. The number of hydrazone groups is 1. The van der Waals surface area contributed by atoms with Crippen LogP contribution in [0.25, 0.3) is 0 Å². The fourth-order valence-corrected chi connectivity index (χ4v) is 1.91. The Morgan fingerprint density at radius 2 is 2.33 bits per heavy atom. The van der Waals surface area contributed by atoms with Crippen LogP contribution in [0.1, 0.15) is 12.8 Å². The molecule has 1 aliphatic heterocycles. The number of carbonyl (C=O) groups excluding carboxylic acids is 1. The standard InChI is InChI=1S/C12H14ClN3O2/c1-18-11-5-4-8(7-9(11)13)15-16-10-3-2-6-14-12(10)17/h4-5,7,15H,2-3,6H2,1H3,(H,14,17)/b16-10-. The molecule has 1 heterocycles. The van der Waals surface area contributed by atoms with Crippen LogP contribution in [0, 0.1) is 0 Å². The molecule has 18 heavy (non-hydrogen) atoms. The number of nitrogens with zero attached hydrogens (tertiary/aromatic N) is 1. The number of anilines is 1. The summed E-state index contributed by atoms with van der Waals surface area (Å²) in [5.74, 6) is 0.485. The second-order valence-corrected chi connectivity index (χ2v) is 4.29. The summed E-state index contributed by atoms with van der Waals surface area (Å²) in [6, 6.07) is 5.23. The molecule has 2 N–H and O–H groups in total. The Morgan fingerprint density at radius 3 is 3.00 bits per heavy atom. The third-order valence-corrected chi connectivity index (χ3v) is 2.91. The molecule has 0 spiro atoms. The summed E-state index contributed by atoms with van der Waals surface area (Å²) < 4.78 is 5.05. The highest BCUT2D eigenvalue weighted by Crippen LogP contribution is 2.27. The van der Waals surface area contributed by atoms with Crippen molar-refractivity contribution >= 4 is 28.9 Å². The highest BCUT2D eigenvalue weighted by molar-refractivity contribution is 6.39. The van der Waals surface area contributed by atoms with Crippen LogP contribution in [-0.4, -0.2) is 25.3 Å². The number of methoxy groups -OCH3 is 1. The van der Waals surface area contributed by atoms with Gasteiger partial charge in [-0.3, -0.25) is 10.2 Å². The summed E-state index contributed by atoms with van der Waals surface area (Å²) in [5, 5.41) is 7.32. The van der Waals surface area contributed by atoms with Gasteiger partial charge in [-0.2, -0.15) is 5.10 Å². The summed E-state index contributed by atoms with van der Waals surface area (Å²) in [4.78, 5) is 11.5. The number of hydrogen-bond acceptors (Lipinski definition) is 4. The van der Waals surface area contributed by atoms with E-state index in [1.165, 1.54) is 0 Å². The molecule has 0 aromatic heterocycles. The van der Waals surface area contributed by atoms with Crippen LogP contribution < -0.4 is 15.5 Å². The van der Waals surface area contributed by atoms with Gasteiger partial charge in [0.05, 0.1) is 17.8 Å². The molecule has 0 atom stereocenters. The van der Waals surface area contributed by atoms with Gasteiger partial charge in [-0.15, -0.1) is 0 Å². The lowest BCUT2D eigenvalue weighted by Gasteiger charge is -2.13.